The molecule has 4 heterocycles. The lowest BCUT2D eigenvalue weighted by atomic mass is 9.75. The second-order valence-corrected chi connectivity index (χ2v) is 14.2. The van der Waals surface area contributed by atoms with Gasteiger partial charge in [0.1, 0.15) is 11.5 Å². The number of aromatic nitrogens is 3. The van der Waals surface area contributed by atoms with Crippen LogP contribution in [0.5, 0.6) is 0 Å². The van der Waals surface area contributed by atoms with Crippen molar-refractivity contribution in [3.05, 3.63) is 120 Å². The fourth-order valence-electron chi connectivity index (χ4n) is 5.92. The summed E-state index contributed by atoms with van der Waals surface area (Å²) in [6.45, 7) is 3.49. The van der Waals surface area contributed by atoms with Gasteiger partial charge in [0.2, 0.25) is 5.91 Å². The molecule has 1 aliphatic rings. The fraction of sp³-hybridized carbons (Fsp3) is 0.270. The first-order valence-corrected chi connectivity index (χ1v) is 18.0. The van der Waals surface area contributed by atoms with Crippen LogP contribution < -0.4 is 16.0 Å². The van der Waals surface area contributed by atoms with Gasteiger partial charge in [-0.15, -0.1) is 0 Å². The summed E-state index contributed by atoms with van der Waals surface area (Å²) in [4.78, 5) is 41.5. The third-order valence-electron chi connectivity index (χ3n) is 8.66. The summed E-state index contributed by atoms with van der Waals surface area (Å²) in [6.07, 6.45) is 7.61. The summed E-state index contributed by atoms with van der Waals surface area (Å²) in [6, 6.07) is 27.3. The van der Waals surface area contributed by atoms with E-state index in [1.54, 1.807) is 18.5 Å². The largest absolute Gasteiger partial charge is 0.395 e. The predicted molar refractivity (Wildman–Crippen MR) is 195 cm³/mol. The topological polar surface area (TPSA) is 132 Å². The zero-order valence-corrected chi connectivity index (χ0v) is 28.8. The zero-order chi connectivity index (χ0) is 34.1. The molecule has 0 unspecified atom stereocenters. The van der Waals surface area contributed by atoms with E-state index >= 15 is 0 Å². The Morgan fingerprint density at radius 2 is 1.65 bits per heavy atom. The second-order valence-electron chi connectivity index (χ2n) is 11.8. The molecule has 2 amide bonds. The van der Waals surface area contributed by atoms with E-state index in [1.807, 2.05) is 96.9 Å². The van der Waals surface area contributed by atoms with Gasteiger partial charge in [-0.3, -0.25) is 14.6 Å². The van der Waals surface area contributed by atoms with Crippen LogP contribution in [0.15, 0.2) is 113 Å². The maximum absolute atomic E-state index is 13.4. The maximum Gasteiger partial charge on any atom is 0.269 e. The van der Waals surface area contributed by atoms with Gasteiger partial charge in [-0.1, -0.05) is 90.7 Å². The molecule has 5 aromatic rings. The lowest BCUT2D eigenvalue weighted by Crippen LogP contribution is -2.44. The normalized spacial score (nSPS) is 13.6. The summed E-state index contributed by atoms with van der Waals surface area (Å²) in [7, 11) is 0. The molecule has 0 bridgehead atoms. The van der Waals surface area contributed by atoms with Crippen LogP contribution in [0.2, 0.25) is 0 Å². The number of carbonyl (C=O) groups excluding carboxylic acids is 2. The van der Waals surface area contributed by atoms with Gasteiger partial charge >= 0.3 is 0 Å². The number of thiazole rings is 1. The molecular formula is C37H39N7O3S2. The fourth-order valence-corrected chi connectivity index (χ4v) is 7.81. The highest BCUT2D eigenvalue weighted by Crippen LogP contribution is 2.35. The Labute approximate surface area is 294 Å². The second kappa shape index (κ2) is 16.1. The van der Waals surface area contributed by atoms with Crippen LogP contribution in [0.4, 0.5) is 16.6 Å². The van der Waals surface area contributed by atoms with Gasteiger partial charge in [0.05, 0.1) is 34.3 Å². The first-order chi connectivity index (χ1) is 24.0. The van der Waals surface area contributed by atoms with Gasteiger partial charge in [0, 0.05) is 43.2 Å². The van der Waals surface area contributed by atoms with Crippen molar-refractivity contribution in [2.24, 2.45) is 0 Å². The van der Waals surface area contributed by atoms with Crippen molar-refractivity contribution in [2.75, 3.05) is 36.9 Å². The summed E-state index contributed by atoms with van der Waals surface area (Å²) in [5.74, 6) is 0.588. The minimum atomic E-state index is -0.809. The number of amides is 2. The smallest absolute Gasteiger partial charge is 0.269 e. The van der Waals surface area contributed by atoms with Crippen LogP contribution in [0.25, 0.3) is 0 Å². The number of aliphatic hydroxyl groups is 1. The van der Waals surface area contributed by atoms with Crippen molar-refractivity contribution in [3.8, 4) is 0 Å². The number of hydrogen-bond acceptors (Lipinski definition) is 10. The number of nitrogens with one attached hydrogen (secondary N) is 3. The Bertz CT molecular complexity index is 1790. The lowest BCUT2D eigenvalue weighted by molar-refractivity contribution is -0.131. The molecule has 1 fully saturated rings. The van der Waals surface area contributed by atoms with E-state index in [1.165, 1.54) is 23.1 Å². The van der Waals surface area contributed by atoms with E-state index in [9.17, 15) is 14.7 Å². The average Bonchev–Trinajstić information content (AvgIpc) is 3.60. The molecule has 1 aliphatic heterocycles. The van der Waals surface area contributed by atoms with Gasteiger partial charge in [-0.2, -0.15) is 0 Å². The van der Waals surface area contributed by atoms with Crippen molar-refractivity contribution >= 4 is 51.5 Å². The average molecular weight is 694 g/mol. The molecule has 0 aliphatic carbocycles. The van der Waals surface area contributed by atoms with Crippen molar-refractivity contribution in [3.63, 3.8) is 0 Å². The zero-order valence-electron chi connectivity index (χ0n) is 27.2. The highest BCUT2D eigenvalue weighted by atomic mass is 32.2. The molecule has 10 nitrogen and oxygen atoms in total. The summed E-state index contributed by atoms with van der Waals surface area (Å²) >= 11 is 2.99. The van der Waals surface area contributed by atoms with Crippen molar-refractivity contribution in [1.29, 1.82) is 0 Å². The first-order valence-electron chi connectivity index (χ1n) is 16.3. The number of benzene rings is 2. The van der Waals surface area contributed by atoms with Crippen molar-refractivity contribution in [1.82, 2.24) is 25.2 Å². The van der Waals surface area contributed by atoms with Gasteiger partial charge in [0.25, 0.3) is 5.91 Å². The number of anilines is 3. The third kappa shape index (κ3) is 8.45. The van der Waals surface area contributed by atoms with E-state index in [-0.39, 0.29) is 25.0 Å². The van der Waals surface area contributed by atoms with Gasteiger partial charge in [-0.05, 0) is 48.2 Å². The monoisotopic (exact) mass is 693 g/mol. The molecule has 12 heteroatoms. The Morgan fingerprint density at radius 3 is 2.29 bits per heavy atom. The number of rotatable bonds is 13. The number of pyridine rings is 2. The molecule has 0 radical (unpaired) electrons. The standard InChI is InChI=1S/C37H39N7O3S2/c1-2-33(46)44-19-16-28(17-20-44)42-29-13-14-32(39-22-29)43-36-40-23-34(49-36)48-30-15-18-38-31(21-30)35(47)41-24-37(25-45,26-9-5-3-6-10-26)27-11-7-4-8-12-27/h3-15,18,21-23,28,42,45H,2,16-17,19-20,24-25H2,1H3,(H,41,47)(H,39,40,43). The molecule has 0 spiro atoms. The molecule has 3 aromatic heterocycles. The number of nitrogens with zero attached hydrogens (tertiary/aromatic N) is 4. The number of aliphatic hydroxyl groups excluding tert-OH is 1. The Balaban J connectivity index is 1.04. The molecule has 0 atom stereocenters. The molecule has 0 saturated carbocycles. The summed E-state index contributed by atoms with van der Waals surface area (Å²) in [5, 5.41) is 21.2. The number of carbonyl (C=O) groups is 2. The SMILES string of the molecule is CCC(=O)N1CCC(Nc2ccc(Nc3ncc(Sc4ccnc(C(=O)NCC(CO)(c5ccccc5)c5ccccc5)c4)s3)nc2)CC1. The van der Waals surface area contributed by atoms with Crippen molar-refractivity contribution in [2.45, 2.75) is 46.7 Å². The molecule has 49 heavy (non-hydrogen) atoms. The van der Waals surface area contributed by atoms with Crippen LogP contribution in [0, 0.1) is 0 Å². The van der Waals surface area contributed by atoms with E-state index in [0.717, 1.165) is 51.9 Å². The predicted octanol–water partition coefficient (Wildman–Crippen LogP) is 6.35. The summed E-state index contributed by atoms with van der Waals surface area (Å²) < 4.78 is 0.943. The van der Waals surface area contributed by atoms with Gasteiger partial charge in [-0.25, -0.2) is 9.97 Å². The van der Waals surface area contributed by atoms with Gasteiger partial charge < -0.3 is 26.0 Å². The van der Waals surface area contributed by atoms with E-state index in [2.05, 4.69) is 30.9 Å². The first kappa shape index (κ1) is 34.1. The van der Waals surface area contributed by atoms with E-state index in [4.69, 9.17) is 0 Å². The van der Waals surface area contributed by atoms with E-state index < -0.39 is 5.41 Å². The highest BCUT2D eigenvalue weighted by molar-refractivity contribution is 8.01. The number of hydrogen-bond donors (Lipinski definition) is 4. The Kier molecular flexibility index (Phi) is 11.2. The highest BCUT2D eigenvalue weighted by Gasteiger charge is 2.34. The Morgan fingerprint density at radius 1 is 0.939 bits per heavy atom. The third-order valence-corrected chi connectivity index (χ3v) is 10.7. The van der Waals surface area contributed by atoms with Crippen LogP contribution in [-0.2, 0) is 10.2 Å². The number of piperidine rings is 1. The van der Waals surface area contributed by atoms with Crippen LogP contribution >= 0.6 is 23.1 Å². The molecule has 6 rings (SSSR count). The van der Waals surface area contributed by atoms with E-state index in [0.29, 0.717) is 29.1 Å². The summed E-state index contributed by atoms with van der Waals surface area (Å²) in [5.41, 5.74) is 2.25. The molecule has 252 valence electrons. The molecule has 4 N–H and O–H groups in total. The molecule has 2 aromatic carbocycles. The molecular weight excluding hydrogens is 655 g/mol. The minimum absolute atomic E-state index is 0.175. The minimum Gasteiger partial charge on any atom is -0.395 e. The number of likely N-dealkylation sites (tertiary alicyclic amines) is 1. The van der Waals surface area contributed by atoms with Crippen molar-refractivity contribution < 1.29 is 14.7 Å². The van der Waals surface area contributed by atoms with Gasteiger partial charge in [0.15, 0.2) is 5.13 Å². The lowest BCUT2D eigenvalue weighted by Gasteiger charge is -2.33. The van der Waals surface area contributed by atoms with Crippen LogP contribution in [0.1, 0.15) is 47.8 Å². The van der Waals surface area contributed by atoms with Crippen LogP contribution in [-0.4, -0.2) is 69.1 Å². The Hall–Kier alpha value is -4.78. The maximum atomic E-state index is 13.4. The quantitative estimate of drug-likeness (QED) is 0.111. The molecule has 1 saturated heterocycles. The van der Waals surface area contributed by atoms with Crippen LogP contribution in [0.3, 0.4) is 0 Å².